The van der Waals surface area contributed by atoms with Crippen LogP contribution in [0.3, 0.4) is 0 Å². The molecule has 0 unspecified atom stereocenters. The van der Waals surface area contributed by atoms with E-state index >= 15 is 0 Å². The molecular formula is C14H20N4O2S. The third-order valence-electron chi connectivity index (χ3n) is 4.86. The third kappa shape index (κ3) is 2.32. The number of nitrogens with one attached hydrogen (secondary N) is 1. The zero-order valence-corrected chi connectivity index (χ0v) is 13.0. The quantitative estimate of drug-likeness (QED) is 0.892. The van der Waals surface area contributed by atoms with E-state index in [0.29, 0.717) is 25.7 Å². The van der Waals surface area contributed by atoms with Crippen LogP contribution in [-0.4, -0.2) is 49.0 Å². The summed E-state index contributed by atoms with van der Waals surface area (Å²) in [5, 5.41) is 13.3. The van der Waals surface area contributed by atoms with Crippen LogP contribution in [0.2, 0.25) is 0 Å². The molecule has 0 bridgehead atoms. The predicted octanol–water partition coefficient (Wildman–Crippen LogP) is 0.826. The number of carbonyl (C=O) groups is 1. The number of carbonyl (C=O) groups excluding carboxylic acids is 1. The Morgan fingerprint density at radius 2 is 2.38 bits per heavy atom. The van der Waals surface area contributed by atoms with Gasteiger partial charge in [-0.3, -0.25) is 4.79 Å². The number of ether oxygens (including phenoxy) is 1. The molecule has 2 aliphatic heterocycles. The maximum Gasteiger partial charge on any atom is 0.230 e. The molecule has 1 aliphatic carbocycles. The van der Waals surface area contributed by atoms with Crippen LogP contribution >= 0.6 is 11.3 Å². The summed E-state index contributed by atoms with van der Waals surface area (Å²) in [6.45, 7) is 5.52. The summed E-state index contributed by atoms with van der Waals surface area (Å²) < 4.78 is 5.63. The molecule has 2 saturated heterocycles. The van der Waals surface area contributed by atoms with Gasteiger partial charge in [-0.15, -0.1) is 10.2 Å². The molecule has 1 saturated carbocycles. The van der Waals surface area contributed by atoms with Crippen molar-refractivity contribution < 1.29 is 9.53 Å². The van der Waals surface area contributed by atoms with Crippen molar-refractivity contribution in [2.24, 2.45) is 17.3 Å². The highest BCUT2D eigenvalue weighted by molar-refractivity contribution is 7.15. The minimum Gasteiger partial charge on any atom is -0.380 e. The van der Waals surface area contributed by atoms with Crippen LogP contribution in [-0.2, 0) is 9.53 Å². The molecule has 0 spiro atoms. The SMILES string of the molecule is Cc1nnc(N2C[C@@H]3COC[C@]3(C(=O)NCC3CC3)C2)s1. The highest BCUT2D eigenvalue weighted by Gasteiger charge is 2.56. The number of aryl methyl sites for hydroxylation is 1. The van der Waals surface area contributed by atoms with E-state index < -0.39 is 5.41 Å². The van der Waals surface area contributed by atoms with Crippen molar-refractivity contribution in [1.29, 1.82) is 0 Å². The number of hydrogen-bond acceptors (Lipinski definition) is 6. The number of amides is 1. The molecule has 0 radical (unpaired) electrons. The fraction of sp³-hybridized carbons (Fsp3) is 0.786. The number of aromatic nitrogens is 2. The summed E-state index contributed by atoms with van der Waals surface area (Å²) in [5.41, 5.74) is -0.394. The van der Waals surface area contributed by atoms with Gasteiger partial charge in [-0.2, -0.15) is 0 Å². The van der Waals surface area contributed by atoms with Gasteiger partial charge in [0.05, 0.1) is 18.6 Å². The van der Waals surface area contributed by atoms with E-state index in [2.05, 4.69) is 20.4 Å². The van der Waals surface area contributed by atoms with Gasteiger partial charge in [0, 0.05) is 25.6 Å². The molecule has 1 N–H and O–H groups in total. The van der Waals surface area contributed by atoms with E-state index in [0.717, 1.165) is 23.2 Å². The van der Waals surface area contributed by atoms with Crippen LogP contribution in [0.4, 0.5) is 5.13 Å². The smallest absolute Gasteiger partial charge is 0.230 e. The van der Waals surface area contributed by atoms with Gasteiger partial charge >= 0.3 is 0 Å². The van der Waals surface area contributed by atoms with Crippen molar-refractivity contribution in [3.63, 3.8) is 0 Å². The average molecular weight is 308 g/mol. The van der Waals surface area contributed by atoms with Gasteiger partial charge in [-0.05, 0) is 25.7 Å². The topological polar surface area (TPSA) is 67.3 Å². The second-order valence-electron chi connectivity index (χ2n) is 6.51. The summed E-state index contributed by atoms with van der Waals surface area (Å²) in [5.74, 6) is 1.14. The maximum atomic E-state index is 12.7. The van der Waals surface area contributed by atoms with E-state index in [1.165, 1.54) is 12.8 Å². The summed E-state index contributed by atoms with van der Waals surface area (Å²) in [6, 6.07) is 0. The molecule has 4 rings (SSSR count). The Hall–Kier alpha value is -1.21. The molecule has 2 atom stereocenters. The monoisotopic (exact) mass is 308 g/mol. The summed E-state index contributed by atoms with van der Waals surface area (Å²) >= 11 is 1.59. The lowest BCUT2D eigenvalue weighted by atomic mass is 9.80. The van der Waals surface area contributed by atoms with Crippen molar-refractivity contribution in [1.82, 2.24) is 15.5 Å². The maximum absolute atomic E-state index is 12.7. The van der Waals surface area contributed by atoms with E-state index in [-0.39, 0.29) is 11.8 Å². The first kappa shape index (κ1) is 13.5. The van der Waals surface area contributed by atoms with Crippen LogP contribution in [0.25, 0.3) is 0 Å². The number of hydrogen-bond donors (Lipinski definition) is 1. The van der Waals surface area contributed by atoms with Crippen molar-refractivity contribution in [3.8, 4) is 0 Å². The van der Waals surface area contributed by atoms with Crippen LogP contribution in [0.5, 0.6) is 0 Å². The highest BCUT2D eigenvalue weighted by atomic mass is 32.1. The Morgan fingerprint density at radius 3 is 3.10 bits per heavy atom. The molecule has 1 amide bonds. The van der Waals surface area contributed by atoms with Crippen molar-refractivity contribution in [2.75, 3.05) is 37.7 Å². The lowest BCUT2D eigenvalue weighted by molar-refractivity contribution is -0.131. The Labute approximate surface area is 127 Å². The summed E-state index contributed by atoms with van der Waals surface area (Å²) in [4.78, 5) is 14.9. The van der Waals surface area contributed by atoms with Crippen LogP contribution in [0.1, 0.15) is 17.8 Å². The highest BCUT2D eigenvalue weighted by Crippen LogP contribution is 2.43. The second kappa shape index (κ2) is 4.91. The van der Waals surface area contributed by atoms with E-state index in [9.17, 15) is 4.79 Å². The van der Waals surface area contributed by atoms with Crippen LogP contribution in [0.15, 0.2) is 0 Å². The Bertz CT molecular complexity index is 559. The third-order valence-corrected chi connectivity index (χ3v) is 5.76. The number of nitrogens with zero attached hydrogens (tertiary/aromatic N) is 3. The zero-order valence-electron chi connectivity index (χ0n) is 12.2. The first-order valence-electron chi connectivity index (χ1n) is 7.58. The van der Waals surface area contributed by atoms with Gasteiger partial charge < -0.3 is 15.0 Å². The fourth-order valence-corrected chi connectivity index (χ4v) is 4.05. The second-order valence-corrected chi connectivity index (χ2v) is 7.67. The number of fused-ring (bicyclic) bond motifs is 1. The molecule has 3 aliphatic rings. The number of rotatable bonds is 4. The summed E-state index contributed by atoms with van der Waals surface area (Å²) in [6.07, 6.45) is 2.51. The minimum absolute atomic E-state index is 0.167. The van der Waals surface area contributed by atoms with Gasteiger partial charge in [0.25, 0.3) is 0 Å². The van der Waals surface area contributed by atoms with Gasteiger partial charge in [0.2, 0.25) is 11.0 Å². The molecule has 21 heavy (non-hydrogen) atoms. The normalized spacial score (nSPS) is 31.5. The largest absolute Gasteiger partial charge is 0.380 e. The minimum atomic E-state index is -0.394. The van der Waals surface area contributed by atoms with Gasteiger partial charge in [0.15, 0.2) is 0 Å². The molecule has 1 aromatic heterocycles. The van der Waals surface area contributed by atoms with E-state index in [1.54, 1.807) is 11.3 Å². The molecule has 7 heteroatoms. The predicted molar refractivity (Wildman–Crippen MR) is 79.3 cm³/mol. The van der Waals surface area contributed by atoms with E-state index in [1.807, 2.05) is 6.92 Å². The van der Waals surface area contributed by atoms with Crippen LogP contribution < -0.4 is 10.2 Å². The lowest BCUT2D eigenvalue weighted by Crippen LogP contribution is -2.47. The Morgan fingerprint density at radius 1 is 1.52 bits per heavy atom. The molecule has 0 aromatic carbocycles. The van der Waals surface area contributed by atoms with Gasteiger partial charge in [0.1, 0.15) is 5.01 Å². The van der Waals surface area contributed by atoms with Gasteiger partial charge in [-0.25, -0.2) is 0 Å². The average Bonchev–Trinajstić information content (AvgIpc) is 2.87. The number of anilines is 1. The molecule has 6 nitrogen and oxygen atoms in total. The molecular weight excluding hydrogens is 288 g/mol. The van der Waals surface area contributed by atoms with Crippen molar-refractivity contribution in [2.45, 2.75) is 19.8 Å². The van der Waals surface area contributed by atoms with E-state index in [4.69, 9.17) is 4.74 Å². The van der Waals surface area contributed by atoms with Crippen molar-refractivity contribution in [3.05, 3.63) is 5.01 Å². The van der Waals surface area contributed by atoms with Gasteiger partial charge in [-0.1, -0.05) is 11.3 Å². The zero-order chi connectivity index (χ0) is 14.4. The first-order chi connectivity index (χ1) is 10.2. The molecule has 3 fully saturated rings. The molecule has 3 heterocycles. The Kier molecular flexibility index (Phi) is 3.15. The fourth-order valence-electron chi connectivity index (χ4n) is 3.35. The summed E-state index contributed by atoms with van der Waals surface area (Å²) in [7, 11) is 0. The molecule has 1 aromatic rings. The standard InChI is InChI=1S/C14H20N4O2S/c1-9-16-17-13(21-9)18-5-11-6-20-8-14(11,7-18)12(19)15-4-10-2-3-10/h10-11H,2-8H2,1H3,(H,15,19)/t11-,14-/m1/s1. The van der Waals surface area contributed by atoms with Crippen LogP contribution in [0, 0.1) is 24.2 Å². The van der Waals surface area contributed by atoms with Crippen molar-refractivity contribution >= 4 is 22.4 Å². The lowest BCUT2D eigenvalue weighted by Gasteiger charge is -2.25. The first-order valence-corrected chi connectivity index (χ1v) is 8.40. The molecule has 114 valence electrons. The Balaban J connectivity index is 1.50.